The summed E-state index contributed by atoms with van der Waals surface area (Å²) in [5.74, 6) is -0.785. The Kier molecular flexibility index (Phi) is 10.8. The minimum absolute atomic E-state index is 0.138. The van der Waals surface area contributed by atoms with Crippen molar-refractivity contribution < 1.29 is 23.8 Å². The molecular weight excluding hydrogens is 525 g/mol. The molecule has 0 saturated heterocycles. The number of halogens is 3. The molecule has 0 aliphatic rings. The molecule has 172 valence electrons. The van der Waals surface area contributed by atoms with Crippen LogP contribution >= 0.6 is 39.1 Å². The topological polar surface area (TPSA) is 98.2 Å². The lowest BCUT2D eigenvalue weighted by atomic mass is 10.2. The first-order valence-electron chi connectivity index (χ1n) is 9.49. The molecule has 0 radical (unpaired) electrons. The summed E-state index contributed by atoms with van der Waals surface area (Å²) in [5.41, 5.74) is 3.42. The Morgan fingerprint density at radius 1 is 1.16 bits per heavy atom. The van der Waals surface area contributed by atoms with Gasteiger partial charge in [-0.3, -0.25) is 9.59 Å². The SMILES string of the molecule is CCOc1cc(/C=N\NC(=O)C(=O)NCCOC)cc(Br)c1OCc1c(Cl)cccc1Cl. The van der Waals surface area contributed by atoms with Crippen LogP contribution in [-0.4, -0.2) is 44.9 Å². The Morgan fingerprint density at radius 3 is 2.53 bits per heavy atom. The number of hydrazone groups is 1. The second kappa shape index (κ2) is 13.3. The van der Waals surface area contributed by atoms with Crippen LogP contribution in [-0.2, 0) is 20.9 Å². The minimum Gasteiger partial charge on any atom is -0.490 e. The quantitative estimate of drug-likeness (QED) is 0.203. The number of nitrogens with one attached hydrogen (secondary N) is 2. The van der Waals surface area contributed by atoms with Gasteiger partial charge in [-0.1, -0.05) is 29.3 Å². The number of nitrogens with zero attached hydrogens (tertiary/aromatic N) is 1. The van der Waals surface area contributed by atoms with Gasteiger partial charge in [-0.05, 0) is 52.7 Å². The number of carbonyl (C=O) groups is 2. The van der Waals surface area contributed by atoms with Gasteiger partial charge < -0.3 is 19.5 Å². The molecule has 0 aliphatic heterocycles. The molecule has 0 atom stereocenters. The molecule has 0 aliphatic carbocycles. The first kappa shape index (κ1) is 25.9. The molecule has 0 aromatic heterocycles. The molecule has 2 aromatic carbocycles. The molecule has 8 nitrogen and oxygen atoms in total. The van der Waals surface area contributed by atoms with Gasteiger partial charge in [-0.2, -0.15) is 5.10 Å². The average molecular weight is 547 g/mol. The lowest BCUT2D eigenvalue weighted by molar-refractivity contribution is -0.139. The van der Waals surface area contributed by atoms with E-state index in [-0.39, 0.29) is 13.2 Å². The van der Waals surface area contributed by atoms with E-state index in [2.05, 4.69) is 31.8 Å². The Hall–Kier alpha value is -2.33. The van der Waals surface area contributed by atoms with Gasteiger partial charge in [-0.25, -0.2) is 5.43 Å². The van der Waals surface area contributed by atoms with Crippen molar-refractivity contribution in [1.82, 2.24) is 10.7 Å². The lowest BCUT2D eigenvalue weighted by Crippen LogP contribution is -2.39. The summed E-state index contributed by atoms with van der Waals surface area (Å²) in [6.07, 6.45) is 1.38. The molecule has 32 heavy (non-hydrogen) atoms. The molecule has 11 heteroatoms. The molecule has 0 spiro atoms. The number of amides is 2. The number of carbonyl (C=O) groups excluding carboxylic acids is 2. The summed E-state index contributed by atoms with van der Waals surface area (Å²) >= 11 is 15.9. The molecule has 0 saturated carbocycles. The fourth-order valence-corrected chi connectivity index (χ4v) is 3.52. The van der Waals surface area contributed by atoms with Crippen LogP contribution in [0.2, 0.25) is 10.0 Å². The van der Waals surface area contributed by atoms with Crippen molar-refractivity contribution in [3.05, 3.63) is 56.0 Å². The Labute approximate surface area is 204 Å². The summed E-state index contributed by atoms with van der Waals surface area (Å²) < 4.78 is 17.0. The van der Waals surface area contributed by atoms with Gasteiger partial charge in [0.2, 0.25) is 0 Å². The third-order valence-corrected chi connectivity index (χ3v) is 5.23. The van der Waals surface area contributed by atoms with Crippen LogP contribution < -0.4 is 20.2 Å². The van der Waals surface area contributed by atoms with Crippen molar-refractivity contribution in [2.75, 3.05) is 26.9 Å². The fourth-order valence-electron chi connectivity index (χ4n) is 2.44. The van der Waals surface area contributed by atoms with E-state index in [1.54, 1.807) is 30.3 Å². The maximum Gasteiger partial charge on any atom is 0.329 e. The van der Waals surface area contributed by atoms with Crippen LogP contribution in [0.4, 0.5) is 0 Å². The number of hydrogen-bond acceptors (Lipinski definition) is 6. The third kappa shape index (κ3) is 7.67. The molecule has 0 heterocycles. The van der Waals surface area contributed by atoms with Crippen LogP contribution in [0, 0.1) is 0 Å². The monoisotopic (exact) mass is 545 g/mol. The highest BCUT2D eigenvalue weighted by molar-refractivity contribution is 9.10. The zero-order valence-corrected chi connectivity index (χ0v) is 20.5. The highest BCUT2D eigenvalue weighted by Gasteiger charge is 2.15. The second-order valence-electron chi connectivity index (χ2n) is 6.20. The number of benzene rings is 2. The summed E-state index contributed by atoms with van der Waals surface area (Å²) in [7, 11) is 1.49. The predicted molar refractivity (Wildman–Crippen MR) is 127 cm³/mol. The van der Waals surface area contributed by atoms with E-state index in [1.165, 1.54) is 13.3 Å². The Morgan fingerprint density at radius 2 is 1.88 bits per heavy atom. The maximum absolute atomic E-state index is 11.7. The fraction of sp³-hybridized carbons (Fsp3) is 0.286. The number of ether oxygens (including phenoxy) is 3. The van der Waals surface area contributed by atoms with Crippen molar-refractivity contribution in [2.45, 2.75) is 13.5 Å². The van der Waals surface area contributed by atoms with Crippen molar-refractivity contribution in [3.8, 4) is 11.5 Å². The number of rotatable bonds is 10. The Bertz CT molecular complexity index is 968. The van der Waals surface area contributed by atoms with Crippen molar-refractivity contribution >= 4 is 57.2 Å². The summed E-state index contributed by atoms with van der Waals surface area (Å²) in [4.78, 5) is 23.4. The first-order chi connectivity index (χ1) is 15.4. The van der Waals surface area contributed by atoms with Crippen molar-refractivity contribution in [3.63, 3.8) is 0 Å². The predicted octanol–water partition coefficient (Wildman–Crippen LogP) is 3.95. The van der Waals surface area contributed by atoms with E-state index < -0.39 is 11.8 Å². The van der Waals surface area contributed by atoms with Crippen LogP contribution in [0.25, 0.3) is 0 Å². The summed E-state index contributed by atoms with van der Waals surface area (Å²) in [6.45, 7) is 2.89. The van der Waals surface area contributed by atoms with E-state index >= 15 is 0 Å². The van der Waals surface area contributed by atoms with Gasteiger partial charge in [0.1, 0.15) is 6.61 Å². The summed E-state index contributed by atoms with van der Waals surface area (Å²) in [6, 6.07) is 8.63. The normalized spacial score (nSPS) is 10.8. The van der Waals surface area contributed by atoms with Crippen LogP contribution in [0.1, 0.15) is 18.1 Å². The molecule has 2 amide bonds. The molecule has 0 bridgehead atoms. The molecule has 2 rings (SSSR count). The molecule has 2 N–H and O–H groups in total. The number of hydrogen-bond donors (Lipinski definition) is 2. The number of methoxy groups -OCH3 is 1. The van der Waals surface area contributed by atoms with E-state index in [4.69, 9.17) is 37.4 Å². The van der Waals surface area contributed by atoms with Gasteiger partial charge >= 0.3 is 11.8 Å². The second-order valence-corrected chi connectivity index (χ2v) is 7.87. The molecule has 0 unspecified atom stereocenters. The van der Waals surface area contributed by atoms with E-state index in [9.17, 15) is 9.59 Å². The van der Waals surface area contributed by atoms with Crippen molar-refractivity contribution in [1.29, 1.82) is 0 Å². The highest BCUT2D eigenvalue weighted by Crippen LogP contribution is 2.38. The standard InChI is InChI=1S/C21H22BrCl2N3O5/c1-3-31-18-10-13(11-26-27-21(29)20(28)25-7-8-30-2)9-15(22)19(18)32-12-14-16(23)5-4-6-17(14)24/h4-6,9-11H,3,7-8,12H2,1-2H3,(H,25,28)(H,27,29)/b26-11-. The largest absolute Gasteiger partial charge is 0.490 e. The van der Waals surface area contributed by atoms with E-state index in [0.717, 1.165) is 0 Å². The highest BCUT2D eigenvalue weighted by atomic mass is 79.9. The molecule has 0 fully saturated rings. The van der Waals surface area contributed by atoms with E-state index in [1.807, 2.05) is 6.92 Å². The summed E-state index contributed by atoms with van der Waals surface area (Å²) in [5, 5.41) is 7.20. The lowest BCUT2D eigenvalue weighted by Gasteiger charge is -2.15. The van der Waals surface area contributed by atoms with Gasteiger partial charge in [-0.15, -0.1) is 0 Å². The minimum atomic E-state index is -0.891. The molecule has 2 aromatic rings. The van der Waals surface area contributed by atoms with Gasteiger partial charge in [0.05, 0.1) is 23.9 Å². The van der Waals surface area contributed by atoms with Crippen molar-refractivity contribution in [2.24, 2.45) is 5.10 Å². The van der Waals surface area contributed by atoms with Gasteiger partial charge in [0.15, 0.2) is 11.5 Å². The smallest absolute Gasteiger partial charge is 0.329 e. The third-order valence-electron chi connectivity index (χ3n) is 3.93. The zero-order valence-electron chi connectivity index (χ0n) is 17.4. The van der Waals surface area contributed by atoms with Gasteiger partial charge in [0, 0.05) is 29.3 Å². The van der Waals surface area contributed by atoms with Crippen LogP contribution in [0.15, 0.2) is 39.9 Å². The maximum atomic E-state index is 11.7. The van der Waals surface area contributed by atoms with Crippen LogP contribution in [0.5, 0.6) is 11.5 Å². The zero-order chi connectivity index (χ0) is 23.5. The van der Waals surface area contributed by atoms with Crippen LogP contribution in [0.3, 0.4) is 0 Å². The van der Waals surface area contributed by atoms with E-state index in [0.29, 0.717) is 50.4 Å². The first-order valence-corrected chi connectivity index (χ1v) is 11.0. The molecular formula is C21H22BrCl2N3O5. The Balaban J connectivity index is 2.10. The van der Waals surface area contributed by atoms with Gasteiger partial charge in [0.25, 0.3) is 0 Å². The average Bonchev–Trinajstić information content (AvgIpc) is 2.75.